The van der Waals surface area contributed by atoms with E-state index >= 15 is 0 Å². The minimum Gasteiger partial charge on any atom is -0.494 e. The van der Waals surface area contributed by atoms with Gasteiger partial charge in [0.1, 0.15) is 5.75 Å². The quantitative estimate of drug-likeness (QED) is 0.397. The molecule has 2 N–H and O–H groups in total. The second-order valence-electron chi connectivity index (χ2n) is 7.09. The summed E-state index contributed by atoms with van der Waals surface area (Å²) in [6, 6.07) is 7.12. The fraction of sp³-hybridized carbons (Fsp3) is 0.474. The van der Waals surface area contributed by atoms with E-state index in [0.29, 0.717) is 47.7 Å². The van der Waals surface area contributed by atoms with E-state index in [2.05, 4.69) is 20.8 Å². The van der Waals surface area contributed by atoms with Crippen molar-refractivity contribution >= 4 is 55.8 Å². The maximum atomic E-state index is 12.4. The van der Waals surface area contributed by atoms with Gasteiger partial charge >= 0.3 is 0 Å². The van der Waals surface area contributed by atoms with Crippen molar-refractivity contribution in [2.45, 2.75) is 24.1 Å². The van der Waals surface area contributed by atoms with E-state index < -0.39 is 10.0 Å². The Morgan fingerprint density at radius 3 is 2.50 bits per heavy atom. The third kappa shape index (κ3) is 7.15. The van der Waals surface area contributed by atoms with Gasteiger partial charge in [-0.05, 0) is 44.0 Å². The Balaban J connectivity index is 1.42. The van der Waals surface area contributed by atoms with Gasteiger partial charge in [-0.3, -0.25) is 9.59 Å². The number of amides is 2. The number of anilines is 2. The third-order valence-electron chi connectivity index (χ3n) is 4.71. The highest BCUT2D eigenvalue weighted by atomic mass is 32.2. The number of benzene rings is 1. The molecule has 1 fully saturated rings. The standard InChI is InChI=1S/C19H25N5O5S3/c1-3-29-15-6-4-14(5-7-15)20-16(25)12-30-19-23-22-18(31-19)21-17(26)13-8-10-24(11-9-13)32(2,27)28/h4-7,13H,3,8-12H2,1-2H3,(H,20,25)(H,21,22,26). The van der Waals surface area contributed by atoms with Crippen LogP contribution in [0.15, 0.2) is 28.6 Å². The minimum atomic E-state index is -3.23. The van der Waals surface area contributed by atoms with E-state index in [0.717, 1.165) is 5.75 Å². The number of carbonyl (C=O) groups excluding carboxylic acids is 2. The van der Waals surface area contributed by atoms with Crippen LogP contribution >= 0.6 is 23.1 Å². The molecule has 3 rings (SSSR count). The molecule has 0 spiro atoms. The van der Waals surface area contributed by atoms with Crippen LogP contribution in [0.4, 0.5) is 10.8 Å². The van der Waals surface area contributed by atoms with Gasteiger partial charge in [-0.2, -0.15) is 0 Å². The van der Waals surface area contributed by atoms with Gasteiger partial charge in [0, 0.05) is 24.7 Å². The molecular formula is C19H25N5O5S3. The van der Waals surface area contributed by atoms with Crippen LogP contribution < -0.4 is 15.4 Å². The summed E-state index contributed by atoms with van der Waals surface area (Å²) in [6.45, 7) is 3.14. The van der Waals surface area contributed by atoms with Gasteiger partial charge in [-0.15, -0.1) is 10.2 Å². The van der Waals surface area contributed by atoms with Gasteiger partial charge in [0.05, 0.1) is 18.6 Å². The fourth-order valence-electron chi connectivity index (χ4n) is 3.10. The van der Waals surface area contributed by atoms with Crippen LogP contribution in [0, 0.1) is 5.92 Å². The van der Waals surface area contributed by atoms with Gasteiger partial charge in [-0.25, -0.2) is 12.7 Å². The van der Waals surface area contributed by atoms with Crippen molar-refractivity contribution in [1.29, 1.82) is 0 Å². The Hall–Kier alpha value is -2.22. The summed E-state index contributed by atoms with van der Waals surface area (Å²) in [5, 5.41) is 13.9. The number of nitrogens with one attached hydrogen (secondary N) is 2. The summed E-state index contributed by atoms with van der Waals surface area (Å²) in [5.41, 5.74) is 0.672. The summed E-state index contributed by atoms with van der Waals surface area (Å²) in [4.78, 5) is 24.6. The van der Waals surface area contributed by atoms with Gasteiger partial charge in [0.25, 0.3) is 0 Å². The Labute approximate surface area is 195 Å². The van der Waals surface area contributed by atoms with E-state index in [4.69, 9.17) is 4.74 Å². The maximum Gasteiger partial charge on any atom is 0.234 e. The maximum absolute atomic E-state index is 12.4. The highest BCUT2D eigenvalue weighted by Gasteiger charge is 2.29. The highest BCUT2D eigenvalue weighted by Crippen LogP contribution is 2.27. The monoisotopic (exact) mass is 499 g/mol. The summed E-state index contributed by atoms with van der Waals surface area (Å²) >= 11 is 2.42. The van der Waals surface area contributed by atoms with Crippen molar-refractivity contribution in [1.82, 2.24) is 14.5 Å². The number of aromatic nitrogens is 2. The number of ether oxygens (including phenoxy) is 1. The van der Waals surface area contributed by atoms with Crippen molar-refractivity contribution in [3.63, 3.8) is 0 Å². The number of hydrogen-bond acceptors (Lipinski definition) is 9. The number of piperidine rings is 1. The minimum absolute atomic E-state index is 0.153. The van der Waals surface area contributed by atoms with Crippen LogP contribution in [0.2, 0.25) is 0 Å². The molecule has 1 saturated heterocycles. The van der Waals surface area contributed by atoms with Gasteiger partial charge in [0.15, 0.2) is 4.34 Å². The molecule has 0 aliphatic carbocycles. The van der Waals surface area contributed by atoms with Crippen molar-refractivity contribution in [3.8, 4) is 5.75 Å². The first-order valence-corrected chi connectivity index (χ1v) is 13.6. The van der Waals surface area contributed by atoms with Gasteiger partial charge in [0.2, 0.25) is 27.0 Å². The molecule has 2 heterocycles. The molecular weight excluding hydrogens is 474 g/mol. The molecule has 0 radical (unpaired) electrons. The van der Waals surface area contributed by atoms with E-state index in [1.807, 2.05) is 6.92 Å². The first-order chi connectivity index (χ1) is 15.2. The lowest BCUT2D eigenvalue weighted by Gasteiger charge is -2.29. The Kier molecular flexibility index (Phi) is 8.45. The number of sulfonamides is 1. The molecule has 2 aromatic rings. The molecule has 2 amide bonds. The topological polar surface area (TPSA) is 131 Å². The molecule has 0 unspecified atom stereocenters. The first kappa shape index (κ1) is 24.4. The van der Waals surface area contributed by atoms with Crippen molar-refractivity contribution in [2.75, 3.05) is 42.3 Å². The predicted octanol–water partition coefficient (Wildman–Crippen LogP) is 2.28. The lowest BCUT2D eigenvalue weighted by molar-refractivity contribution is -0.121. The molecule has 0 saturated carbocycles. The van der Waals surface area contributed by atoms with E-state index in [1.165, 1.54) is 33.7 Å². The van der Waals surface area contributed by atoms with Gasteiger partial charge in [-0.1, -0.05) is 23.1 Å². The largest absolute Gasteiger partial charge is 0.494 e. The van der Waals surface area contributed by atoms with Crippen molar-refractivity contribution in [2.24, 2.45) is 5.92 Å². The predicted molar refractivity (Wildman–Crippen MR) is 125 cm³/mol. The lowest BCUT2D eigenvalue weighted by Crippen LogP contribution is -2.40. The van der Waals surface area contributed by atoms with E-state index in [-0.39, 0.29) is 23.5 Å². The van der Waals surface area contributed by atoms with Crippen LogP contribution in [0.3, 0.4) is 0 Å². The zero-order chi connectivity index (χ0) is 23.1. The zero-order valence-electron chi connectivity index (χ0n) is 17.7. The summed E-state index contributed by atoms with van der Waals surface area (Å²) in [7, 11) is -3.23. The van der Waals surface area contributed by atoms with Gasteiger partial charge < -0.3 is 15.4 Å². The molecule has 1 aromatic carbocycles. The number of nitrogens with zero attached hydrogens (tertiary/aromatic N) is 3. The molecule has 174 valence electrons. The number of hydrogen-bond donors (Lipinski definition) is 2. The average Bonchev–Trinajstić information content (AvgIpc) is 3.20. The smallest absolute Gasteiger partial charge is 0.234 e. The molecule has 1 aliphatic rings. The highest BCUT2D eigenvalue weighted by molar-refractivity contribution is 8.01. The molecule has 10 nitrogen and oxygen atoms in total. The molecule has 1 aliphatic heterocycles. The summed E-state index contributed by atoms with van der Waals surface area (Å²) < 4.78 is 30.5. The normalized spacial score (nSPS) is 15.3. The third-order valence-corrected chi connectivity index (χ3v) is 7.98. The molecule has 0 bridgehead atoms. The fourth-order valence-corrected chi connectivity index (χ4v) is 5.53. The Morgan fingerprint density at radius 1 is 1.19 bits per heavy atom. The Bertz CT molecular complexity index is 1030. The van der Waals surface area contributed by atoms with Crippen LogP contribution in [-0.4, -0.2) is 66.4 Å². The second-order valence-corrected chi connectivity index (χ2v) is 11.3. The van der Waals surface area contributed by atoms with E-state index in [9.17, 15) is 18.0 Å². The SMILES string of the molecule is CCOc1ccc(NC(=O)CSc2nnc(NC(=O)C3CCN(S(C)(=O)=O)CC3)s2)cc1. The van der Waals surface area contributed by atoms with E-state index in [1.54, 1.807) is 24.3 Å². The van der Waals surface area contributed by atoms with Crippen LogP contribution in [0.25, 0.3) is 0 Å². The number of carbonyl (C=O) groups is 2. The van der Waals surface area contributed by atoms with Crippen LogP contribution in [0.1, 0.15) is 19.8 Å². The Morgan fingerprint density at radius 2 is 1.88 bits per heavy atom. The zero-order valence-corrected chi connectivity index (χ0v) is 20.2. The summed E-state index contributed by atoms with van der Waals surface area (Å²) in [6.07, 6.45) is 2.10. The van der Waals surface area contributed by atoms with Crippen LogP contribution in [0.5, 0.6) is 5.75 Å². The van der Waals surface area contributed by atoms with Crippen LogP contribution in [-0.2, 0) is 19.6 Å². The average molecular weight is 500 g/mol. The van der Waals surface area contributed by atoms with Crippen molar-refractivity contribution < 1.29 is 22.7 Å². The number of rotatable bonds is 9. The molecule has 0 atom stereocenters. The molecule has 1 aromatic heterocycles. The summed E-state index contributed by atoms with van der Waals surface area (Å²) in [5.74, 6) is 0.244. The number of thioether (sulfide) groups is 1. The molecule has 32 heavy (non-hydrogen) atoms. The van der Waals surface area contributed by atoms with Crippen molar-refractivity contribution in [3.05, 3.63) is 24.3 Å². The first-order valence-electron chi connectivity index (χ1n) is 9.99. The second kappa shape index (κ2) is 11.1. The molecule has 13 heteroatoms. The lowest BCUT2D eigenvalue weighted by atomic mass is 9.97.